The first-order valence-corrected chi connectivity index (χ1v) is 12.5. The van der Waals surface area contributed by atoms with E-state index in [0.29, 0.717) is 18.7 Å². The van der Waals surface area contributed by atoms with Gasteiger partial charge in [-0.05, 0) is 51.5 Å². The molecule has 2 aliphatic carbocycles. The van der Waals surface area contributed by atoms with Crippen molar-refractivity contribution in [2.24, 2.45) is 17.5 Å². The molecule has 1 spiro atoms. The van der Waals surface area contributed by atoms with Crippen molar-refractivity contribution < 1.29 is 4.74 Å². The van der Waals surface area contributed by atoms with E-state index in [2.05, 4.69) is 34.0 Å². The van der Waals surface area contributed by atoms with Crippen molar-refractivity contribution in [3.8, 4) is 0 Å². The number of halogens is 1. The number of hydrogen-bond donors (Lipinski definition) is 2. The van der Waals surface area contributed by atoms with E-state index in [1.54, 1.807) is 0 Å². The lowest BCUT2D eigenvalue weighted by Crippen LogP contribution is -2.66. The topological polar surface area (TPSA) is 76.4 Å². The highest BCUT2D eigenvalue weighted by atomic mass is 127. The number of aryl methyl sites for hydroxylation is 1. The highest BCUT2D eigenvalue weighted by Crippen LogP contribution is 2.53. The Morgan fingerprint density at radius 1 is 1.30 bits per heavy atom. The summed E-state index contributed by atoms with van der Waals surface area (Å²) in [5.74, 6) is 3.86. The third-order valence-electron chi connectivity index (χ3n) is 6.63. The lowest BCUT2D eigenvalue weighted by molar-refractivity contribution is -0.145. The highest BCUT2D eigenvalue weighted by Gasteiger charge is 2.55. The van der Waals surface area contributed by atoms with Crippen molar-refractivity contribution in [1.82, 2.24) is 25.4 Å². The second-order valence-corrected chi connectivity index (χ2v) is 9.32. The van der Waals surface area contributed by atoms with Crippen LogP contribution in [0.1, 0.15) is 63.5 Å². The van der Waals surface area contributed by atoms with Gasteiger partial charge in [-0.2, -0.15) is 11.8 Å². The second kappa shape index (κ2) is 12.5. The molecule has 2 atom stereocenters. The lowest BCUT2D eigenvalue weighted by atomic mass is 9.55. The van der Waals surface area contributed by atoms with Crippen LogP contribution in [0.5, 0.6) is 0 Å². The average molecular weight is 551 g/mol. The molecule has 172 valence electrons. The Morgan fingerprint density at radius 3 is 2.70 bits per heavy atom. The van der Waals surface area contributed by atoms with Gasteiger partial charge in [-0.1, -0.05) is 19.3 Å². The van der Waals surface area contributed by atoms with Crippen LogP contribution in [0.4, 0.5) is 0 Å². The van der Waals surface area contributed by atoms with Crippen molar-refractivity contribution in [3.63, 3.8) is 0 Å². The Kier molecular flexibility index (Phi) is 10.7. The number of guanidine groups is 1. The van der Waals surface area contributed by atoms with E-state index in [9.17, 15) is 0 Å². The number of hydrogen-bond acceptors (Lipinski definition) is 5. The first kappa shape index (κ1) is 25.7. The molecule has 9 heteroatoms. The van der Waals surface area contributed by atoms with Crippen LogP contribution in [0.2, 0.25) is 0 Å². The third kappa shape index (κ3) is 6.03. The van der Waals surface area contributed by atoms with Gasteiger partial charge < -0.3 is 19.9 Å². The molecular weight excluding hydrogens is 511 g/mol. The van der Waals surface area contributed by atoms with Crippen molar-refractivity contribution in [1.29, 1.82) is 0 Å². The maximum atomic E-state index is 6.12. The van der Waals surface area contributed by atoms with Gasteiger partial charge in [0.05, 0.1) is 6.10 Å². The van der Waals surface area contributed by atoms with E-state index < -0.39 is 0 Å². The molecular formula is C21H39IN6OS. The summed E-state index contributed by atoms with van der Waals surface area (Å²) in [6.07, 6.45) is 11.2. The Labute approximate surface area is 203 Å². The van der Waals surface area contributed by atoms with Crippen LogP contribution in [0.25, 0.3) is 0 Å². The predicted octanol–water partition coefficient (Wildman–Crippen LogP) is 3.66. The summed E-state index contributed by atoms with van der Waals surface area (Å²) >= 11 is 1.88. The summed E-state index contributed by atoms with van der Waals surface area (Å²) < 4.78 is 8.13. The zero-order valence-corrected chi connectivity index (χ0v) is 22.1. The fraction of sp³-hybridized carbons (Fsp3) is 0.857. The number of rotatable bonds is 9. The minimum absolute atomic E-state index is 0. The van der Waals surface area contributed by atoms with Crippen LogP contribution in [-0.4, -0.2) is 58.0 Å². The molecule has 0 amide bonds. The first-order valence-electron chi connectivity index (χ1n) is 11.1. The number of thioether (sulfide) groups is 1. The van der Waals surface area contributed by atoms with Crippen molar-refractivity contribution in [3.05, 3.63) is 11.6 Å². The molecule has 0 aromatic carbocycles. The molecule has 0 radical (unpaired) electrons. The summed E-state index contributed by atoms with van der Waals surface area (Å²) in [7, 11) is 1.99. The monoisotopic (exact) mass is 550 g/mol. The molecule has 0 aliphatic heterocycles. The van der Waals surface area contributed by atoms with Gasteiger partial charge in [0.25, 0.3) is 0 Å². The summed E-state index contributed by atoms with van der Waals surface area (Å²) in [6, 6.07) is 0.437. The number of ether oxygens (including phenoxy) is 1. The van der Waals surface area contributed by atoms with Crippen LogP contribution in [-0.2, 0) is 18.3 Å². The molecule has 1 aromatic heterocycles. The molecule has 1 aromatic rings. The molecule has 0 saturated heterocycles. The summed E-state index contributed by atoms with van der Waals surface area (Å²) in [5.41, 5.74) is 0.275. The van der Waals surface area contributed by atoms with Crippen LogP contribution in [0.15, 0.2) is 4.99 Å². The van der Waals surface area contributed by atoms with E-state index in [1.807, 2.05) is 30.3 Å². The molecule has 1 heterocycles. The van der Waals surface area contributed by atoms with Crippen LogP contribution in [0, 0.1) is 12.3 Å². The fourth-order valence-corrected chi connectivity index (χ4v) is 5.18. The average Bonchev–Trinajstić information content (AvgIpc) is 3.06. The van der Waals surface area contributed by atoms with Crippen molar-refractivity contribution >= 4 is 41.7 Å². The molecule has 30 heavy (non-hydrogen) atoms. The zero-order valence-electron chi connectivity index (χ0n) is 18.9. The third-order valence-corrected chi connectivity index (χ3v) is 7.32. The predicted molar refractivity (Wildman–Crippen MR) is 136 cm³/mol. The van der Waals surface area contributed by atoms with Gasteiger partial charge in [0.2, 0.25) is 0 Å². The van der Waals surface area contributed by atoms with Gasteiger partial charge in [-0.25, -0.2) is 4.99 Å². The minimum Gasteiger partial charge on any atom is -0.378 e. The minimum atomic E-state index is 0. The largest absolute Gasteiger partial charge is 0.378 e. The summed E-state index contributed by atoms with van der Waals surface area (Å²) in [5, 5.41) is 15.7. The maximum absolute atomic E-state index is 6.12. The van der Waals surface area contributed by atoms with Gasteiger partial charge in [-0.15, -0.1) is 34.2 Å². The number of nitrogens with zero attached hydrogens (tertiary/aromatic N) is 4. The van der Waals surface area contributed by atoms with Gasteiger partial charge in [0.15, 0.2) is 11.8 Å². The van der Waals surface area contributed by atoms with Gasteiger partial charge in [0.1, 0.15) is 12.4 Å². The fourth-order valence-electron chi connectivity index (χ4n) is 4.75. The Hall–Kier alpha value is -0.550. The highest BCUT2D eigenvalue weighted by molar-refractivity contribution is 14.0. The van der Waals surface area contributed by atoms with Crippen LogP contribution >= 0.6 is 35.7 Å². The first-order chi connectivity index (χ1) is 14.1. The van der Waals surface area contributed by atoms with Gasteiger partial charge >= 0.3 is 0 Å². The smallest absolute Gasteiger partial charge is 0.191 e. The number of aliphatic imine (C=N–C) groups is 1. The SMILES string of the molecule is CCOC1CC(NC(=NCc2nnc(C)n2C)NCCCSC)C12CCCCC2.I. The van der Waals surface area contributed by atoms with Crippen LogP contribution < -0.4 is 10.6 Å². The van der Waals surface area contributed by atoms with Gasteiger partial charge in [0, 0.05) is 31.7 Å². The molecule has 2 saturated carbocycles. The van der Waals surface area contributed by atoms with E-state index in [4.69, 9.17) is 9.73 Å². The Balaban J connectivity index is 0.00000320. The Bertz CT molecular complexity index is 676. The van der Waals surface area contributed by atoms with E-state index in [1.165, 1.54) is 32.1 Å². The molecule has 2 unspecified atom stereocenters. The normalized spacial score (nSPS) is 23.0. The molecule has 0 bridgehead atoms. The lowest BCUT2D eigenvalue weighted by Gasteiger charge is -2.58. The number of nitrogens with one attached hydrogen (secondary N) is 2. The van der Waals surface area contributed by atoms with Crippen LogP contribution in [0.3, 0.4) is 0 Å². The van der Waals surface area contributed by atoms with Gasteiger partial charge in [-0.3, -0.25) is 0 Å². The quantitative estimate of drug-likeness (QED) is 0.212. The summed E-state index contributed by atoms with van der Waals surface area (Å²) in [6.45, 7) is 6.34. The van der Waals surface area contributed by atoms with E-state index >= 15 is 0 Å². The van der Waals surface area contributed by atoms with E-state index in [0.717, 1.165) is 49.4 Å². The molecule has 7 nitrogen and oxygen atoms in total. The second-order valence-electron chi connectivity index (χ2n) is 8.33. The Morgan fingerprint density at radius 2 is 2.07 bits per heavy atom. The molecule has 2 aliphatic rings. The van der Waals surface area contributed by atoms with E-state index in [-0.39, 0.29) is 29.4 Å². The number of aromatic nitrogens is 3. The standard InChI is InChI=1S/C21H38N6OS.HI/c1-5-28-18-14-17(21(18)10-7-6-8-11-21)24-20(22-12-9-13-29-4)23-15-19-26-25-16(2)27(19)3;/h17-18H,5-15H2,1-4H3,(H2,22,23,24);1H. The summed E-state index contributed by atoms with van der Waals surface area (Å²) in [4.78, 5) is 4.86. The zero-order chi connectivity index (χ0) is 20.7. The van der Waals surface area contributed by atoms with Crippen molar-refractivity contribution in [2.45, 2.75) is 77.5 Å². The maximum Gasteiger partial charge on any atom is 0.191 e. The van der Waals surface area contributed by atoms with Crippen molar-refractivity contribution in [2.75, 3.05) is 25.2 Å². The molecule has 3 rings (SSSR count). The molecule has 2 fully saturated rings. The molecule has 2 N–H and O–H groups in total.